The van der Waals surface area contributed by atoms with Crippen molar-refractivity contribution in [1.82, 2.24) is 19.8 Å². The largest absolute Gasteiger partial charge is 0.353 e. The molecule has 2 fully saturated rings. The monoisotopic (exact) mass is 275 g/mol. The van der Waals surface area contributed by atoms with Gasteiger partial charge < -0.3 is 9.80 Å². The third-order valence-corrected chi connectivity index (χ3v) is 4.60. The summed E-state index contributed by atoms with van der Waals surface area (Å²) in [5.74, 6) is 1.92. The summed E-state index contributed by atoms with van der Waals surface area (Å²) in [6, 6.07) is 0. The number of likely N-dealkylation sites (tertiary alicyclic amines) is 1. The van der Waals surface area contributed by atoms with E-state index in [2.05, 4.69) is 31.7 Å². The normalized spacial score (nSPS) is 23.1. The number of anilines is 1. The van der Waals surface area contributed by atoms with Gasteiger partial charge in [0.15, 0.2) is 0 Å². The Morgan fingerprint density at radius 2 is 1.80 bits per heavy atom. The molecule has 2 saturated heterocycles. The van der Waals surface area contributed by atoms with Crippen molar-refractivity contribution in [3.8, 4) is 0 Å². The zero-order valence-corrected chi connectivity index (χ0v) is 12.4. The molecule has 0 unspecified atom stereocenters. The number of hydrogen-bond donors (Lipinski definition) is 0. The van der Waals surface area contributed by atoms with Crippen LogP contribution >= 0.6 is 0 Å². The molecule has 0 N–H and O–H groups in total. The van der Waals surface area contributed by atoms with Gasteiger partial charge in [0.25, 0.3) is 0 Å². The number of aromatic nitrogens is 2. The number of hydrogen-bond acceptors (Lipinski definition) is 5. The van der Waals surface area contributed by atoms with E-state index in [-0.39, 0.29) is 0 Å². The van der Waals surface area contributed by atoms with Gasteiger partial charge in [-0.05, 0) is 38.9 Å². The first kappa shape index (κ1) is 13.8. The van der Waals surface area contributed by atoms with Crippen LogP contribution in [-0.4, -0.2) is 72.6 Å². The van der Waals surface area contributed by atoms with Gasteiger partial charge in [0.05, 0.1) is 6.20 Å². The minimum Gasteiger partial charge on any atom is -0.353 e. The molecule has 0 atom stereocenters. The van der Waals surface area contributed by atoms with E-state index in [9.17, 15) is 0 Å². The van der Waals surface area contributed by atoms with Crippen LogP contribution in [0.15, 0.2) is 18.6 Å². The number of nitrogens with zero attached hydrogens (tertiary/aromatic N) is 5. The van der Waals surface area contributed by atoms with Gasteiger partial charge in [-0.25, -0.2) is 4.98 Å². The third-order valence-electron chi connectivity index (χ3n) is 4.60. The Morgan fingerprint density at radius 1 is 1.05 bits per heavy atom. The van der Waals surface area contributed by atoms with E-state index in [1.807, 2.05) is 6.20 Å². The highest BCUT2D eigenvalue weighted by molar-refractivity contribution is 5.35. The highest BCUT2D eigenvalue weighted by atomic mass is 15.3. The predicted octanol–water partition coefficient (Wildman–Crippen LogP) is 0.940. The molecule has 0 radical (unpaired) electrons. The van der Waals surface area contributed by atoms with Gasteiger partial charge in [0, 0.05) is 45.1 Å². The molecule has 5 nitrogen and oxygen atoms in total. The summed E-state index contributed by atoms with van der Waals surface area (Å²) in [6.45, 7) is 8.28. The van der Waals surface area contributed by atoms with Crippen LogP contribution in [0.25, 0.3) is 0 Å². The average molecular weight is 275 g/mol. The molecule has 0 aromatic carbocycles. The zero-order valence-electron chi connectivity index (χ0n) is 12.4. The fraction of sp³-hybridized carbons (Fsp3) is 0.733. The second kappa shape index (κ2) is 6.50. The summed E-state index contributed by atoms with van der Waals surface area (Å²) < 4.78 is 0. The van der Waals surface area contributed by atoms with Crippen LogP contribution in [0.2, 0.25) is 0 Å². The molecule has 110 valence electrons. The molecule has 2 aliphatic heterocycles. The van der Waals surface area contributed by atoms with Crippen molar-refractivity contribution in [3.05, 3.63) is 18.6 Å². The van der Waals surface area contributed by atoms with Gasteiger partial charge in [-0.15, -0.1) is 0 Å². The van der Waals surface area contributed by atoms with E-state index in [4.69, 9.17) is 0 Å². The Labute approximate surface area is 121 Å². The van der Waals surface area contributed by atoms with Crippen LogP contribution in [0.1, 0.15) is 12.8 Å². The molecular weight excluding hydrogens is 250 g/mol. The fourth-order valence-corrected chi connectivity index (χ4v) is 3.22. The van der Waals surface area contributed by atoms with Gasteiger partial charge in [0.1, 0.15) is 5.82 Å². The standard InChI is InChI=1S/C15H25N5/c1-18-6-2-14(3-7-18)13-19-8-10-20(11-9-19)15-12-16-4-5-17-15/h4-5,12,14H,2-3,6-11,13H2,1H3. The Kier molecular flexibility index (Phi) is 4.47. The fourth-order valence-electron chi connectivity index (χ4n) is 3.22. The maximum absolute atomic E-state index is 4.39. The first-order valence-corrected chi connectivity index (χ1v) is 7.73. The average Bonchev–Trinajstić information content (AvgIpc) is 2.51. The van der Waals surface area contributed by atoms with Gasteiger partial charge in [-0.3, -0.25) is 9.88 Å². The Bertz CT molecular complexity index is 394. The van der Waals surface area contributed by atoms with E-state index < -0.39 is 0 Å². The van der Waals surface area contributed by atoms with E-state index in [1.54, 1.807) is 12.4 Å². The number of piperazine rings is 1. The summed E-state index contributed by atoms with van der Waals surface area (Å²) in [7, 11) is 2.23. The second-order valence-corrected chi connectivity index (χ2v) is 6.10. The Morgan fingerprint density at radius 3 is 2.45 bits per heavy atom. The lowest BCUT2D eigenvalue weighted by atomic mass is 9.96. The second-order valence-electron chi connectivity index (χ2n) is 6.10. The van der Waals surface area contributed by atoms with E-state index in [1.165, 1.54) is 32.5 Å². The van der Waals surface area contributed by atoms with Gasteiger partial charge in [-0.1, -0.05) is 0 Å². The van der Waals surface area contributed by atoms with E-state index in [0.717, 1.165) is 37.9 Å². The summed E-state index contributed by atoms with van der Waals surface area (Å²) in [4.78, 5) is 16.0. The summed E-state index contributed by atoms with van der Waals surface area (Å²) in [6.07, 6.45) is 8.11. The first-order chi connectivity index (χ1) is 9.81. The first-order valence-electron chi connectivity index (χ1n) is 7.73. The zero-order chi connectivity index (χ0) is 13.8. The molecular formula is C15H25N5. The van der Waals surface area contributed by atoms with Crippen LogP contribution in [0.4, 0.5) is 5.82 Å². The molecule has 2 aliphatic rings. The van der Waals surface area contributed by atoms with Crippen LogP contribution < -0.4 is 4.90 Å². The minimum atomic E-state index is 0.897. The summed E-state index contributed by atoms with van der Waals surface area (Å²) in [5, 5.41) is 0. The van der Waals surface area contributed by atoms with Gasteiger partial charge in [0.2, 0.25) is 0 Å². The van der Waals surface area contributed by atoms with Crippen molar-refractivity contribution in [2.24, 2.45) is 5.92 Å². The molecule has 3 heterocycles. The van der Waals surface area contributed by atoms with Crippen molar-refractivity contribution in [3.63, 3.8) is 0 Å². The highest BCUT2D eigenvalue weighted by Gasteiger charge is 2.23. The predicted molar refractivity (Wildman–Crippen MR) is 80.9 cm³/mol. The molecule has 1 aromatic rings. The van der Waals surface area contributed by atoms with Crippen molar-refractivity contribution in [2.45, 2.75) is 12.8 Å². The van der Waals surface area contributed by atoms with Crippen molar-refractivity contribution >= 4 is 5.82 Å². The molecule has 3 rings (SSSR count). The van der Waals surface area contributed by atoms with Crippen molar-refractivity contribution < 1.29 is 0 Å². The topological polar surface area (TPSA) is 35.5 Å². The molecule has 0 spiro atoms. The van der Waals surface area contributed by atoms with Gasteiger partial charge in [-0.2, -0.15) is 0 Å². The lowest BCUT2D eigenvalue weighted by Crippen LogP contribution is -2.49. The van der Waals surface area contributed by atoms with Crippen molar-refractivity contribution in [2.75, 3.05) is 57.8 Å². The quantitative estimate of drug-likeness (QED) is 0.820. The SMILES string of the molecule is CN1CCC(CN2CCN(c3cnccn3)CC2)CC1. The molecule has 20 heavy (non-hydrogen) atoms. The molecule has 0 saturated carbocycles. The third kappa shape index (κ3) is 3.46. The molecule has 0 bridgehead atoms. The van der Waals surface area contributed by atoms with E-state index >= 15 is 0 Å². The summed E-state index contributed by atoms with van der Waals surface area (Å²) in [5.41, 5.74) is 0. The van der Waals surface area contributed by atoms with E-state index in [0.29, 0.717) is 0 Å². The van der Waals surface area contributed by atoms with Gasteiger partial charge >= 0.3 is 0 Å². The Balaban J connectivity index is 1.44. The maximum Gasteiger partial charge on any atom is 0.147 e. The lowest BCUT2D eigenvalue weighted by Gasteiger charge is -2.38. The van der Waals surface area contributed by atoms with Crippen LogP contribution in [0.5, 0.6) is 0 Å². The maximum atomic E-state index is 4.39. The van der Waals surface area contributed by atoms with Crippen LogP contribution in [0, 0.1) is 5.92 Å². The molecule has 0 amide bonds. The Hall–Kier alpha value is -1.20. The molecule has 1 aromatic heterocycles. The molecule has 0 aliphatic carbocycles. The number of piperidine rings is 1. The van der Waals surface area contributed by atoms with Crippen molar-refractivity contribution in [1.29, 1.82) is 0 Å². The summed E-state index contributed by atoms with van der Waals surface area (Å²) >= 11 is 0. The molecule has 5 heteroatoms. The minimum absolute atomic E-state index is 0.897. The van der Waals surface area contributed by atoms with Crippen LogP contribution in [-0.2, 0) is 0 Å². The number of rotatable bonds is 3. The highest BCUT2D eigenvalue weighted by Crippen LogP contribution is 2.19. The lowest BCUT2D eigenvalue weighted by molar-refractivity contribution is 0.155. The van der Waals surface area contributed by atoms with Crippen LogP contribution in [0.3, 0.4) is 0 Å². The smallest absolute Gasteiger partial charge is 0.147 e.